The molecule has 0 bridgehead atoms. The zero-order chi connectivity index (χ0) is 14.7. The lowest BCUT2D eigenvalue weighted by Crippen LogP contribution is -2.36. The number of hydrogen-bond acceptors (Lipinski definition) is 4. The van der Waals surface area contributed by atoms with E-state index in [4.69, 9.17) is 5.73 Å². The molecule has 1 rings (SSSR count). The topological polar surface area (TPSA) is 75.4 Å². The fourth-order valence-corrected chi connectivity index (χ4v) is 2.58. The van der Waals surface area contributed by atoms with Crippen molar-refractivity contribution in [3.63, 3.8) is 0 Å². The lowest BCUT2D eigenvalue weighted by molar-refractivity contribution is 0.305. The van der Waals surface area contributed by atoms with Crippen LogP contribution >= 0.6 is 0 Å². The first-order chi connectivity index (χ1) is 8.65. The van der Waals surface area contributed by atoms with Crippen LogP contribution in [0.4, 0.5) is 0 Å². The standard InChI is InChI=1S/C13H25N3O2S/c1-5-16(9-8-15-19(4,17)18)11-6-7-12(14)13(2,3)10-11/h6-7,15H,5,8-10,14H2,1-4H3. The first-order valence-corrected chi connectivity index (χ1v) is 8.41. The molecule has 0 spiro atoms. The van der Waals surface area contributed by atoms with Crippen molar-refractivity contribution in [2.75, 3.05) is 25.9 Å². The van der Waals surface area contributed by atoms with E-state index in [0.717, 1.165) is 18.7 Å². The molecule has 0 atom stereocenters. The average Bonchev–Trinajstić information content (AvgIpc) is 2.27. The second-order valence-corrected chi connectivity index (χ2v) is 7.42. The van der Waals surface area contributed by atoms with Gasteiger partial charge in [-0.15, -0.1) is 0 Å². The van der Waals surface area contributed by atoms with Crippen LogP contribution in [0.5, 0.6) is 0 Å². The van der Waals surface area contributed by atoms with E-state index in [-0.39, 0.29) is 5.41 Å². The van der Waals surface area contributed by atoms with Crippen LogP contribution in [0.2, 0.25) is 0 Å². The Kier molecular flexibility index (Phi) is 5.04. The SMILES string of the molecule is CCN(CCNS(C)(=O)=O)C1=CC=C(N)C(C)(C)C1. The normalized spacial score (nSPS) is 18.7. The molecule has 0 amide bonds. The highest BCUT2D eigenvalue weighted by Gasteiger charge is 2.27. The van der Waals surface area contributed by atoms with Gasteiger partial charge in [-0.1, -0.05) is 13.8 Å². The molecule has 6 heteroatoms. The van der Waals surface area contributed by atoms with Crippen molar-refractivity contribution < 1.29 is 8.42 Å². The summed E-state index contributed by atoms with van der Waals surface area (Å²) in [5.41, 5.74) is 8.04. The van der Waals surface area contributed by atoms with Crippen molar-refractivity contribution in [1.29, 1.82) is 0 Å². The van der Waals surface area contributed by atoms with Crippen molar-refractivity contribution in [2.24, 2.45) is 11.1 Å². The summed E-state index contributed by atoms with van der Waals surface area (Å²) in [5.74, 6) is 0. The average molecular weight is 287 g/mol. The zero-order valence-corrected chi connectivity index (χ0v) is 13.0. The van der Waals surface area contributed by atoms with Gasteiger partial charge in [0.15, 0.2) is 0 Å². The number of nitrogens with zero attached hydrogens (tertiary/aromatic N) is 1. The number of sulfonamides is 1. The Bertz CT molecular complexity index is 478. The highest BCUT2D eigenvalue weighted by Crippen LogP contribution is 2.35. The molecule has 19 heavy (non-hydrogen) atoms. The van der Waals surface area contributed by atoms with E-state index in [1.54, 1.807) is 0 Å². The quantitative estimate of drug-likeness (QED) is 0.764. The van der Waals surface area contributed by atoms with E-state index in [9.17, 15) is 8.42 Å². The van der Waals surface area contributed by atoms with Crippen LogP contribution in [-0.2, 0) is 10.0 Å². The first-order valence-electron chi connectivity index (χ1n) is 6.52. The summed E-state index contributed by atoms with van der Waals surface area (Å²) in [5, 5.41) is 0. The summed E-state index contributed by atoms with van der Waals surface area (Å²) in [4.78, 5) is 2.18. The van der Waals surface area contributed by atoms with Gasteiger partial charge in [-0.3, -0.25) is 0 Å². The van der Waals surface area contributed by atoms with E-state index in [1.165, 1.54) is 12.0 Å². The van der Waals surface area contributed by atoms with Crippen LogP contribution in [-0.4, -0.2) is 39.2 Å². The van der Waals surface area contributed by atoms with Gasteiger partial charge in [0.05, 0.1) is 6.26 Å². The molecule has 0 saturated carbocycles. The summed E-state index contributed by atoms with van der Waals surface area (Å²) >= 11 is 0. The van der Waals surface area contributed by atoms with Crippen molar-refractivity contribution in [3.8, 4) is 0 Å². The highest BCUT2D eigenvalue weighted by molar-refractivity contribution is 7.88. The maximum Gasteiger partial charge on any atom is 0.208 e. The van der Waals surface area contributed by atoms with Crippen molar-refractivity contribution >= 4 is 10.0 Å². The molecule has 110 valence electrons. The van der Waals surface area contributed by atoms with E-state index in [2.05, 4.69) is 30.4 Å². The number of rotatable bonds is 6. The van der Waals surface area contributed by atoms with Crippen molar-refractivity contribution in [2.45, 2.75) is 27.2 Å². The monoisotopic (exact) mass is 287 g/mol. The Morgan fingerprint density at radius 2 is 2.05 bits per heavy atom. The third kappa shape index (κ3) is 4.87. The number of nitrogens with one attached hydrogen (secondary N) is 1. The van der Waals surface area contributed by atoms with Gasteiger partial charge in [0, 0.05) is 36.4 Å². The van der Waals surface area contributed by atoms with Crippen molar-refractivity contribution in [3.05, 3.63) is 23.5 Å². The number of allylic oxidation sites excluding steroid dienone is 4. The van der Waals surface area contributed by atoms with Crippen molar-refractivity contribution in [1.82, 2.24) is 9.62 Å². The lowest BCUT2D eigenvalue weighted by Gasteiger charge is -2.35. The largest absolute Gasteiger partial charge is 0.402 e. The van der Waals surface area contributed by atoms with E-state index in [0.29, 0.717) is 13.1 Å². The molecule has 0 aromatic rings. The molecule has 0 aromatic heterocycles. The second kappa shape index (κ2) is 5.96. The molecule has 1 aliphatic rings. The number of likely N-dealkylation sites (N-methyl/N-ethyl adjacent to an activating group) is 1. The van der Waals surface area contributed by atoms with Gasteiger partial charge in [0.1, 0.15) is 0 Å². The van der Waals surface area contributed by atoms with Gasteiger partial charge in [-0.2, -0.15) is 0 Å². The second-order valence-electron chi connectivity index (χ2n) is 5.59. The number of nitrogens with two attached hydrogens (primary N) is 1. The molecule has 0 aliphatic heterocycles. The molecule has 5 nitrogen and oxygen atoms in total. The minimum absolute atomic E-state index is 0.0399. The highest BCUT2D eigenvalue weighted by atomic mass is 32.2. The Balaban J connectivity index is 2.66. The minimum atomic E-state index is -3.12. The Morgan fingerprint density at radius 1 is 1.42 bits per heavy atom. The van der Waals surface area contributed by atoms with Gasteiger partial charge < -0.3 is 10.6 Å². The van der Waals surface area contributed by atoms with Crippen LogP contribution < -0.4 is 10.5 Å². The van der Waals surface area contributed by atoms with Crippen LogP contribution in [0.1, 0.15) is 27.2 Å². The molecule has 3 N–H and O–H groups in total. The molecule has 0 fully saturated rings. The lowest BCUT2D eigenvalue weighted by atomic mass is 9.81. The summed E-state index contributed by atoms with van der Waals surface area (Å²) < 4.78 is 24.6. The van der Waals surface area contributed by atoms with Crippen LogP contribution in [0.15, 0.2) is 23.5 Å². The summed E-state index contributed by atoms with van der Waals surface area (Å²) in [6.07, 6.45) is 6.04. The first kappa shape index (κ1) is 16.0. The molecular weight excluding hydrogens is 262 g/mol. The van der Waals surface area contributed by atoms with E-state index in [1.807, 2.05) is 12.2 Å². The predicted octanol–water partition coefficient (Wildman–Crippen LogP) is 1.01. The predicted molar refractivity (Wildman–Crippen MR) is 78.8 cm³/mol. The maximum atomic E-state index is 11.1. The van der Waals surface area contributed by atoms with Gasteiger partial charge in [0.25, 0.3) is 0 Å². The minimum Gasteiger partial charge on any atom is -0.402 e. The van der Waals surface area contributed by atoms with Gasteiger partial charge in [-0.05, 0) is 25.5 Å². The van der Waals surface area contributed by atoms with Gasteiger partial charge >= 0.3 is 0 Å². The third-order valence-corrected chi connectivity index (χ3v) is 4.12. The van der Waals surface area contributed by atoms with E-state index >= 15 is 0 Å². The molecule has 0 saturated heterocycles. The maximum absolute atomic E-state index is 11.1. The summed E-state index contributed by atoms with van der Waals surface area (Å²) in [6.45, 7) is 8.24. The number of hydrogen-bond donors (Lipinski definition) is 2. The fraction of sp³-hybridized carbons (Fsp3) is 0.692. The van der Waals surface area contributed by atoms with Gasteiger partial charge in [0.2, 0.25) is 10.0 Å². The van der Waals surface area contributed by atoms with E-state index < -0.39 is 10.0 Å². The van der Waals surface area contributed by atoms with Crippen LogP contribution in [0.25, 0.3) is 0 Å². The molecular formula is C13H25N3O2S. The Labute approximate surface area is 116 Å². The molecule has 0 heterocycles. The smallest absolute Gasteiger partial charge is 0.208 e. The van der Waals surface area contributed by atoms with Crippen LogP contribution in [0, 0.1) is 5.41 Å². The Morgan fingerprint density at radius 3 is 2.53 bits per heavy atom. The summed E-state index contributed by atoms with van der Waals surface area (Å²) in [6, 6.07) is 0. The zero-order valence-electron chi connectivity index (χ0n) is 12.2. The fourth-order valence-electron chi connectivity index (χ4n) is 2.11. The molecule has 0 radical (unpaired) electrons. The van der Waals surface area contributed by atoms with Crippen LogP contribution in [0.3, 0.4) is 0 Å². The van der Waals surface area contributed by atoms with Gasteiger partial charge in [-0.25, -0.2) is 13.1 Å². The third-order valence-electron chi connectivity index (χ3n) is 3.39. The molecule has 1 aliphatic carbocycles. The molecule has 0 unspecified atom stereocenters. The Hall–Kier alpha value is -1.01. The molecule has 0 aromatic carbocycles. The summed E-state index contributed by atoms with van der Waals surface area (Å²) in [7, 11) is -3.12.